The fourth-order valence-corrected chi connectivity index (χ4v) is 4.69. The molecule has 5 heterocycles. The van der Waals surface area contributed by atoms with Crippen LogP contribution in [-0.4, -0.2) is 41.0 Å². The van der Waals surface area contributed by atoms with E-state index in [-0.39, 0.29) is 11.1 Å². The van der Waals surface area contributed by atoms with Crippen molar-refractivity contribution in [2.75, 3.05) is 29.4 Å². The van der Waals surface area contributed by atoms with E-state index in [1.165, 1.54) is 12.3 Å². The number of alkyl halides is 2. The summed E-state index contributed by atoms with van der Waals surface area (Å²) in [6, 6.07) is 5.38. The number of carbonyl (C=O) groups excluding carboxylic acids is 1. The number of carbonyl (C=O) groups is 1. The van der Waals surface area contributed by atoms with E-state index in [9.17, 15) is 13.6 Å². The molecule has 3 aromatic heterocycles. The lowest BCUT2D eigenvalue weighted by molar-refractivity contribution is -0.0980. The highest BCUT2D eigenvalue weighted by Crippen LogP contribution is 2.38. The molecular weight excluding hydrogens is 428 g/mol. The van der Waals surface area contributed by atoms with E-state index in [0.29, 0.717) is 23.6 Å². The van der Waals surface area contributed by atoms with Crippen LogP contribution in [0, 0.1) is 6.92 Å². The summed E-state index contributed by atoms with van der Waals surface area (Å²) in [4.78, 5) is 34.2. The monoisotopic (exact) mass is 455 g/mol. The van der Waals surface area contributed by atoms with Crippen molar-refractivity contribution >= 4 is 35.0 Å². The molecular formula is C24H27F2N5O2. The Labute approximate surface area is 190 Å². The maximum absolute atomic E-state index is 13.4. The van der Waals surface area contributed by atoms with Crippen molar-refractivity contribution in [2.24, 2.45) is 7.05 Å². The summed E-state index contributed by atoms with van der Waals surface area (Å²) < 4.78 is 28.5. The first-order chi connectivity index (χ1) is 15.9. The molecule has 2 aliphatic rings. The van der Waals surface area contributed by atoms with Crippen LogP contribution in [-0.2, 0) is 18.3 Å². The van der Waals surface area contributed by atoms with Crippen LogP contribution in [0.1, 0.15) is 42.5 Å². The van der Waals surface area contributed by atoms with Crippen molar-refractivity contribution in [1.82, 2.24) is 14.5 Å². The molecule has 7 nitrogen and oxygen atoms in total. The topological polar surface area (TPSA) is 71.3 Å². The predicted octanol–water partition coefficient (Wildman–Crippen LogP) is 4.07. The molecule has 0 aliphatic carbocycles. The van der Waals surface area contributed by atoms with Gasteiger partial charge in [-0.05, 0) is 44.7 Å². The van der Waals surface area contributed by atoms with Crippen molar-refractivity contribution in [2.45, 2.75) is 39.0 Å². The molecule has 0 N–H and O–H groups in total. The molecule has 0 spiro atoms. The van der Waals surface area contributed by atoms with E-state index in [2.05, 4.69) is 9.88 Å². The quantitative estimate of drug-likeness (QED) is 0.593. The van der Waals surface area contributed by atoms with Crippen molar-refractivity contribution < 1.29 is 13.6 Å². The number of fused-ring (bicyclic) bond motifs is 2. The summed E-state index contributed by atoms with van der Waals surface area (Å²) in [5, 5.41) is 0.845. The fourth-order valence-electron chi connectivity index (χ4n) is 4.69. The van der Waals surface area contributed by atoms with Crippen LogP contribution in [0.15, 0.2) is 29.2 Å². The van der Waals surface area contributed by atoms with E-state index in [0.717, 1.165) is 61.2 Å². The third-order valence-corrected chi connectivity index (χ3v) is 6.36. The number of anilines is 3. The van der Waals surface area contributed by atoms with Crippen LogP contribution in [0.5, 0.6) is 0 Å². The molecule has 0 amide bonds. The zero-order valence-corrected chi connectivity index (χ0v) is 18.9. The molecule has 3 aromatic rings. The Balaban J connectivity index is 0.00000126. The van der Waals surface area contributed by atoms with Gasteiger partial charge in [-0.3, -0.25) is 9.78 Å². The Hall–Kier alpha value is -3.36. The van der Waals surface area contributed by atoms with Crippen molar-refractivity contribution in [1.29, 1.82) is 0 Å². The summed E-state index contributed by atoms with van der Waals surface area (Å²) in [5.41, 5.74) is 2.78. The van der Waals surface area contributed by atoms with E-state index < -0.39 is 6.43 Å². The molecule has 5 rings (SSSR count). The van der Waals surface area contributed by atoms with E-state index in [1.807, 2.05) is 23.8 Å². The van der Waals surface area contributed by atoms with Gasteiger partial charge in [0, 0.05) is 55.5 Å². The second-order valence-corrected chi connectivity index (χ2v) is 8.41. The van der Waals surface area contributed by atoms with Crippen molar-refractivity contribution in [3.63, 3.8) is 0 Å². The molecule has 0 radical (unpaired) electrons. The molecule has 1 saturated heterocycles. The zero-order chi connectivity index (χ0) is 23.7. The average molecular weight is 456 g/mol. The molecule has 0 aromatic carbocycles. The highest BCUT2D eigenvalue weighted by atomic mass is 19.3. The second kappa shape index (κ2) is 9.25. The Kier molecular flexibility index (Phi) is 6.40. The Morgan fingerprint density at radius 2 is 1.79 bits per heavy atom. The van der Waals surface area contributed by atoms with Gasteiger partial charge in [0.2, 0.25) is 0 Å². The van der Waals surface area contributed by atoms with Crippen LogP contribution < -0.4 is 15.4 Å². The van der Waals surface area contributed by atoms with Crippen molar-refractivity contribution in [3.05, 3.63) is 51.6 Å². The molecule has 174 valence electrons. The normalized spacial score (nSPS) is 15.5. The minimum absolute atomic E-state index is 0.0438. The van der Waals surface area contributed by atoms with Gasteiger partial charge in [0.1, 0.15) is 18.4 Å². The second-order valence-electron chi connectivity index (χ2n) is 8.41. The minimum Gasteiger partial charge on any atom is -0.356 e. The van der Waals surface area contributed by atoms with Gasteiger partial charge in [0.25, 0.3) is 12.0 Å². The van der Waals surface area contributed by atoms with E-state index in [1.54, 1.807) is 18.5 Å². The Bertz CT molecular complexity index is 1240. The highest BCUT2D eigenvalue weighted by Gasteiger charge is 2.26. The van der Waals surface area contributed by atoms with Gasteiger partial charge in [-0.1, -0.05) is 0 Å². The van der Waals surface area contributed by atoms with E-state index in [4.69, 9.17) is 9.78 Å². The molecule has 9 heteroatoms. The maximum atomic E-state index is 13.4. The van der Waals surface area contributed by atoms with Gasteiger partial charge < -0.3 is 19.2 Å². The number of hydrogen-bond donors (Lipinski definition) is 0. The number of pyridine rings is 3. The Morgan fingerprint density at radius 3 is 2.48 bits per heavy atom. The lowest BCUT2D eigenvalue weighted by atomic mass is 10.0. The molecule has 1 fully saturated rings. The zero-order valence-electron chi connectivity index (χ0n) is 18.9. The molecule has 0 bridgehead atoms. The first-order valence-electron chi connectivity index (χ1n) is 11.0. The molecule has 2 aliphatic heterocycles. The third kappa shape index (κ3) is 4.07. The Morgan fingerprint density at radius 1 is 1.06 bits per heavy atom. The van der Waals surface area contributed by atoms with Gasteiger partial charge in [0.05, 0.1) is 16.9 Å². The van der Waals surface area contributed by atoms with Crippen molar-refractivity contribution in [3.8, 4) is 0 Å². The minimum atomic E-state index is -2.58. The molecule has 0 atom stereocenters. The first-order valence-corrected chi connectivity index (χ1v) is 11.0. The molecule has 0 saturated carbocycles. The smallest absolute Gasteiger partial charge is 0.265 e. The van der Waals surface area contributed by atoms with E-state index >= 15 is 0 Å². The number of aryl methyl sites for hydroxylation is 3. The lowest BCUT2D eigenvalue weighted by Crippen LogP contribution is -2.29. The predicted molar refractivity (Wildman–Crippen MR) is 125 cm³/mol. The third-order valence-electron chi connectivity index (χ3n) is 6.36. The summed E-state index contributed by atoms with van der Waals surface area (Å²) in [6.45, 7) is 6.30. The number of aromatic nitrogens is 3. The highest BCUT2D eigenvalue weighted by molar-refractivity contribution is 5.94. The number of rotatable bonds is 3. The maximum Gasteiger partial charge on any atom is 0.265 e. The van der Waals surface area contributed by atoms with Crippen LogP contribution in [0.3, 0.4) is 0 Å². The fraction of sp³-hybridized carbons (Fsp3) is 0.417. The van der Waals surface area contributed by atoms with Crippen LogP contribution in [0.4, 0.5) is 26.1 Å². The summed E-state index contributed by atoms with van der Waals surface area (Å²) in [5.74, 6) is 1.52. The van der Waals surface area contributed by atoms with Gasteiger partial charge >= 0.3 is 0 Å². The van der Waals surface area contributed by atoms with Gasteiger partial charge in [-0.2, -0.15) is 0 Å². The number of hydrogen-bond acceptors (Lipinski definition) is 6. The van der Waals surface area contributed by atoms with Gasteiger partial charge in [0.15, 0.2) is 0 Å². The molecule has 33 heavy (non-hydrogen) atoms. The number of nitrogens with zero attached hydrogens (tertiary/aromatic N) is 5. The van der Waals surface area contributed by atoms with Gasteiger partial charge in [-0.15, -0.1) is 0 Å². The lowest BCUT2D eigenvalue weighted by Gasteiger charge is -2.32. The SMILES string of the molecule is C=O.Cc1cc2c(N3CCCc4ncc(C(F)F)cc43)nc(N3CCCC3)cc2n(C)c1=O. The number of halogens is 2. The largest absolute Gasteiger partial charge is 0.356 e. The van der Waals surface area contributed by atoms with Crippen LogP contribution in [0.2, 0.25) is 0 Å². The van der Waals surface area contributed by atoms with Crippen LogP contribution in [0.25, 0.3) is 10.9 Å². The van der Waals surface area contributed by atoms with Gasteiger partial charge in [-0.25, -0.2) is 13.8 Å². The average Bonchev–Trinajstić information content (AvgIpc) is 3.38. The standard InChI is InChI=1S/C23H25F2N5O.CH2O/c1-14-10-16-18(28(2)23(14)31)12-20(29-7-3-4-8-29)27-22(16)30-9-5-6-17-19(30)11-15(13-26-17)21(24)25;1-2/h10-13,21H,3-9H2,1-2H3;1H2. The summed E-state index contributed by atoms with van der Waals surface area (Å²) in [7, 11) is 1.77. The first kappa shape index (κ1) is 22.8. The molecule has 0 unspecified atom stereocenters. The van der Waals surface area contributed by atoms with Crippen LogP contribution >= 0.6 is 0 Å². The summed E-state index contributed by atoms with van der Waals surface area (Å²) >= 11 is 0. The summed E-state index contributed by atoms with van der Waals surface area (Å²) in [6.07, 6.45) is 2.51.